The molecule has 1 aromatic rings. The molecule has 0 bridgehead atoms. The van der Waals surface area contributed by atoms with Gasteiger partial charge in [-0.05, 0) is 24.6 Å². The van der Waals surface area contributed by atoms with Gasteiger partial charge in [0.25, 0.3) is 0 Å². The fourth-order valence-corrected chi connectivity index (χ4v) is 1.14. The van der Waals surface area contributed by atoms with Crippen molar-refractivity contribution in [3.8, 4) is 0 Å². The molecule has 3 heteroatoms. The number of aromatic amines is 1. The highest BCUT2D eigenvalue weighted by molar-refractivity contribution is 5.89. The molecule has 74 valence electrons. The van der Waals surface area contributed by atoms with E-state index in [2.05, 4.69) is 18.1 Å². The Balaban J connectivity index is 3.00. The predicted molar refractivity (Wildman–Crippen MR) is 56.9 cm³/mol. The van der Waals surface area contributed by atoms with Crippen molar-refractivity contribution in [2.24, 2.45) is 0 Å². The summed E-state index contributed by atoms with van der Waals surface area (Å²) in [6.07, 6.45) is 3.30. The quantitative estimate of drug-likeness (QED) is 0.743. The fourth-order valence-electron chi connectivity index (χ4n) is 1.14. The lowest BCUT2D eigenvalue weighted by Gasteiger charge is -1.96. The van der Waals surface area contributed by atoms with Crippen LogP contribution in [0.5, 0.6) is 0 Å². The minimum absolute atomic E-state index is 0.358. The van der Waals surface area contributed by atoms with E-state index in [9.17, 15) is 4.79 Å². The van der Waals surface area contributed by atoms with Crippen LogP contribution in [0.2, 0.25) is 0 Å². The Labute approximate surface area is 83.1 Å². The molecule has 0 fully saturated rings. The third-order valence-electron chi connectivity index (χ3n) is 1.80. The van der Waals surface area contributed by atoms with Gasteiger partial charge in [-0.1, -0.05) is 19.2 Å². The first-order valence-corrected chi connectivity index (χ1v) is 4.38. The molecule has 14 heavy (non-hydrogen) atoms. The van der Waals surface area contributed by atoms with E-state index in [1.165, 1.54) is 0 Å². The van der Waals surface area contributed by atoms with E-state index in [1.807, 2.05) is 0 Å². The summed E-state index contributed by atoms with van der Waals surface area (Å²) in [6.45, 7) is 9.40. The lowest BCUT2D eigenvalue weighted by atomic mass is 10.2. The Morgan fingerprint density at radius 2 is 2.29 bits per heavy atom. The molecule has 3 nitrogen and oxygen atoms in total. The van der Waals surface area contributed by atoms with Crippen LogP contribution in [0.25, 0.3) is 12.2 Å². The number of carbonyl (C=O) groups is 1. The van der Waals surface area contributed by atoms with Gasteiger partial charge in [0, 0.05) is 5.69 Å². The number of carbonyl (C=O) groups excluding carboxylic acids is 1. The number of hydrogen-bond donors (Lipinski definition) is 1. The Morgan fingerprint density at radius 1 is 1.57 bits per heavy atom. The fraction of sp³-hybridized carbons (Fsp3) is 0.182. The van der Waals surface area contributed by atoms with E-state index in [0.29, 0.717) is 12.3 Å². The summed E-state index contributed by atoms with van der Waals surface area (Å²) in [7, 11) is 0. The van der Waals surface area contributed by atoms with Crippen LogP contribution in [0.3, 0.4) is 0 Å². The molecule has 0 aromatic carbocycles. The average molecular weight is 191 g/mol. The molecule has 0 radical (unpaired) electrons. The zero-order chi connectivity index (χ0) is 10.6. The Hall–Kier alpha value is -1.77. The monoisotopic (exact) mass is 191 g/mol. The second-order valence-electron chi connectivity index (χ2n) is 2.68. The van der Waals surface area contributed by atoms with Gasteiger partial charge in [-0.15, -0.1) is 0 Å². The van der Waals surface area contributed by atoms with Gasteiger partial charge in [-0.3, -0.25) is 0 Å². The minimum Gasteiger partial charge on any atom is -0.461 e. The van der Waals surface area contributed by atoms with E-state index >= 15 is 0 Å². The van der Waals surface area contributed by atoms with Gasteiger partial charge in [0.2, 0.25) is 0 Å². The molecule has 1 aromatic heterocycles. The summed E-state index contributed by atoms with van der Waals surface area (Å²) in [5.41, 5.74) is 2.06. The molecular weight excluding hydrogens is 178 g/mol. The van der Waals surface area contributed by atoms with Gasteiger partial charge < -0.3 is 9.72 Å². The molecule has 0 aliphatic carbocycles. The van der Waals surface area contributed by atoms with Crippen LogP contribution < -0.4 is 0 Å². The molecule has 0 atom stereocenters. The molecule has 0 saturated heterocycles. The highest BCUT2D eigenvalue weighted by atomic mass is 16.5. The first kappa shape index (κ1) is 10.3. The molecule has 0 amide bonds. The standard InChI is InChI=1S/C11H13NO2/c1-4-8-7-10(11(13)14-6-3)12-9(8)5-2/h4-5,7,12H,1-2,6H2,3H3. The summed E-state index contributed by atoms with van der Waals surface area (Å²) in [6, 6.07) is 1.70. The highest BCUT2D eigenvalue weighted by Crippen LogP contribution is 2.14. The molecule has 1 rings (SSSR count). The van der Waals surface area contributed by atoms with Crippen LogP contribution >= 0.6 is 0 Å². The Kier molecular flexibility index (Phi) is 3.29. The molecule has 0 saturated carbocycles. The van der Waals surface area contributed by atoms with Gasteiger partial charge >= 0.3 is 5.97 Å². The molecule has 1 N–H and O–H groups in total. The summed E-state index contributed by atoms with van der Waals surface area (Å²) >= 11 is 0. The number of esters is 1. The van der Waals surface area contributed by atoms with Crippen molar-refractivity contribution in [3.05, 3.63) is 36.2 Å². The summed E-state index contributed by atoms with van der Waals surface area (Å²) in [5, 5.41) is 0. The smallest absolute Gasteiger partial charge is 0.354 e. The Morgan fingerprint density at radius 3 is 2.71 bits per heavy atom. The van der Waals surface area contributed by atoms with Crippen molar-refractivity contribution in [1.29, 1.82) is 0 Å². The van der Waals surface area contributed by atoms with Crippen LogP contribution in [-0.2, 0) is 4.74 Å². The molecule has 0 spiro atoms. The van der Waals surface area contributed by atoms with Gasteiger partial charge in [-0.25, -0.2) is 4.79 Å². The zero-order valence-corrected chi connectivity index (χ0v) is 8.17. The topological polar surface area (TPSA) is 42.1 Å². The van der Waals surface area contributed by atoms with E-state index < -0.39 is 0 Å². The lowest BCUT2D eigenvalue weighted by Crippen LogP contribution is -2.04. The van der Waals surface area contributed by atoms with Crippen molar-refractivity contribution in [2.75, 3.05) is 6.61 Å². The van der Waals surface area contributed by atoms with Gasteiger partial charge in [0.15, 0.2) is 0 Å². The number of rotatable bonds is 4. The molecular formula is C11H13NO2. The van der Waals surface area contributed by atoms with E-state index in [4.69, 9.17) is 4.74 Å². The SMILES string of the molecule is C=Cc1cc(C(=O)OCC)[nH]c1C=C. The zero-order valence-electron chi connectivity index (χ0n) is 8.17. The van der Waals surface area contributed by atoms with E-state index in [0.717, 1.165) is 11.3 Å². The second kappa shape index (κ2) is 4.46. The van der Waals surface area contributed by atoms with Crippen LogP contribution in [0, 0.1) is 0 Å². The minimum atomic E-state index is -0.358. The normalized spacial score (nSPS) is 9.50. The summed E-state index contributed by atoms with van der Waals surface area (Å²) in [4.78, 5) is 14.2. The third-order valence-corrected chi connectivity index (χ3v) is 1.80. The van der Waals surface area contributed by atoms with Crippen molar-refractivity contribution in [2.45, 2.75) is 6.92 Å². The van der Waals surface area contributed by atoms with Gasteiger partial charge in [0.05, 0.1) is 6.61 Å². The van der Waals surface area contributed by atoms with E-state index in [1.54, 1.807) is 25.1 Å². The maximum absolute atomic E-state index is 11.3. The number of ether oxygens (including phenoxy) is 1. The summed E-state index contributed by atoms with van der Waals surface area (Å²) in [5.74, 6) is -0.358. The highest BCUT2D eigenvalue weighted by Gasteiger charge is 2.10. The molecule has 0 unspecified atom stereocenters. The van der Waals surface area contributed by atoms with Crippen LogP contribution in [0.4, 0.5) is 0 Å². The molecule has 1 heterocycles. The largest absolute Gasteiger partial charge is 0.461 e. The lowest BCUT2D eigenvalue weighted by molar-refractivity contribution is 0.0520. The first-order chi connectivity index (χ1) is 6.72. The van der Waals surface area contributed by atoms with Crippen LogP contribution in [0.1, 0.15) is 28.7 Å². The van der Waals surface area contributed by atoms with Crippen molar-refractivity contribution >= 4 is 18.1 Å². The summed E-state index contributed by atoms with van der Waals surface area (Å²) < 4.78 is 4.85. The molecule has 0 aliphatic heterocycles. The van der Waals surface area contributed by atoms with Crippen LogP contribution in [-0.4, -0.2) is 17.6 Å². The van der Waals surface area contributed by atoms with E-state index in [-0.39, 0.29) is 5.97 Å². The first-order valence-electron chi connectivity index (χ1n) is 4.38. The van der Waals surface area contributed by atoms with Crippen molar-refractivity contribution in [1.82, 2.24) is 4.98 Å². The van der Waals surface area contributed by atoms with Crippen molar-refractivity contribution in [3.63, 3.8) is 0 Å². The van der Waals surface area contributed by atoms with Crippen molar-refractivity contribution < 1.29 is 9.53 Å². The van der Waals surface area contributed by atoms with Gasteiger partial charge in [0.1, 0.15) is 5.69 Å². The van der Waals surface area contributed by atoms with Gasteiger partial charge in [-0.2, -0.15) is 0 Å². The number of H-pyrrole nitrogens is 1. The molecule has 0 aliphatic rings. The maximum Gasteiger partial charge on any atom is 0.354 e. The second-order valence-corrected chi connectivity index (χ2v) is 2.68. The third kappa shape index (κ3) is 1.93. The number of nitrogens with one attached hydrogen (secondary N) is 1. The van der Waals surface area contributed by atoms with Crippen LogP contribution in [0.15, 0.2) is 19.2 Å². The maximum atomic E-state index is 11.3. The number of hydrogen-bond acceptors (Lipinski definition) is 2. The predicted octanol–water partition coefficient (Wildman–Crippen LogP) is 2.48. The Bertz CT molecular complexity index is 338. The average Bonchev–Trinajstić information content (AvgIpc) is 2.61. The number of aromatic nitrogens is 1.